The van der Waals surface area contributed by atoms with Gasteiger partial charge in [0, 0.05) is 18.6 Å². The number of pyridine rings is 1. The van der Waals surface area contributed by atoms with Gasteiger partial charge in [0.1, 0.15) is 5.52 Å². The highest BCUT2D eigenvalue weighted by atomic mass is 14.9. The first-order valence-electron chi connectivity index (χ1n) is 2.98. The molecule has 2 heterocycles. The lowest BCUT2D eigenvalue weighted by Crippen LogP contribution is -1.83. The van der Waals surface area contributed by atoms with Crippen molar-refractivity contribution in [1.82, 2.24) is 15.0 Å². The van der Waals surface area contributed by atoms with Crippen LogP contribution < -0.4 is 0 Å². The van der Waals surface area contributed by atoms with Crippen LogP contribution in [0.25, 0.3) is 11.2 Å². The van der Waals surface area contributed by atoms with Gasteiger partial charge in [-0.15, -0.1) is 0 Å². The van der Waals surface area contributed by atoms with E-state index >= 15 is 0 Å². The molecule has 0 aromatic carbocycles. The lowest BCUT2D eigenvalue weighted by molar-refractivity contribution is 1.22. The van der Waals surface area contributed by atoms with Gasteiger partial charge in [-0.3, -0.25) is 4.98 Å². The average molecular weight is 132 g/mol. The van der Waals surface area contributed by atoms with Crippen LogP contribution in [0.5, 0.6) is 0 Å². The molecule has 0 fully saturated rings. The van der Waals surface area contributed by atoms with Crippen molar-refractivity contribution in [2.24, 2.45) is 0 Å². The van der Waals surface area contributed by atoms with Crippen molar-refractivity contribution < 1.29 is 0 Å². The number of rotatable bonds is 0. The molecule has 0 aliphatic rings. The molecule has 0 N–H and O–H groups in total. The summed E-state index contributed by atoms with van der Waals surface area (Å²) in [5.74, 6) is 0. The van der Waals surface area contributed by atoms with E-state index in [4.69, 9.17) is 0 Å². The van der Waals surface area contributed by atoms with Gasteiger partial charge < -0.3 is 0 Å². The third-order valence-electron chi connectivity index (χ3n) is 1.24. The molecule has 3 nitrogen and oxygen atoms in total. The van der Waals surface area contributed by atoms with Crippen LogP contribution >= 0.6 is 0 Å². The van der Waals surface area contributed by atoms with Crippen LogP contribution in [0.1, 0.15) is 0 Å². The molecule has 0 radical (unpaired) electrons. The molecule has 0 saturated carbocycles. The van der Waals surface area contributed by atoms with Crippen LogP contribution in [0, 0.1) is 0 Å². The molecule has 0 bridgehead atoms. The third kappa shape index (κ3) is 0.719. The van der Waals surface area contributed by atoms with E-state index in [1.54, 1.807) is 18.6 Å². The normalized spacial score (nSPS) is 10.0. The second-order valence-electron chi connectivity index (χ2n) is 1.90. The molecule has 0 saturated heterocycles. The third-order valence-corrected chi connectivity index (χ3v) is 1.24. The van der Waals surface area contributed by atoms with Crippen LogP contribution in [0.2, 0.25) is 0 Å². The van der Waals surface area contributed by atoms with Crippen LogP contribution in [-0.2, 0) is 0 Å². The fourth-order valence-electron chi connectivity index (χ4n) is 0.806. The first-order chi connectivity index (χ1) is 4.97. The Morgan fingerprint density at radius 1 is 0.900 bits per heavy atom. The maximum absolute atomic E-state index is 4.06. The molecule has 2 aromatic rings. The number of fused-ring (bicyclic) bond motifs is 1. The highest BCUT2D eigenvalue weighted by molar-refractivity contribution is 5.67. The topological polar surface area (TPSA) is 38.7 Å². The quantitative estimate of drug-likeness (QED) is 0.537. The fourth-order valence-corrected chi connectivity index (χ4v) is 0.806. The minimum Gasteiger partial charge on any atom is -0.251 e. The van der Waals surface area contributed by atoms with E-state index in [1.165, 1.54) is 0 Å². The molecule has 3 heteroatoms. The maximum Gasteiger partial charge on any atom is 0.178 e. The summed E-state index contributed by atoms with van der Waals surface area (Å²) in [5.41, 5.74) is 1.54. The molecule has 0 amide bonds. The summed E-state index contributed by atoms with van der Waals surface area (Å²) in [7, 11) is 0. The molecule has 2 rings (SSSR count). The van der Waals surface area contributed by atoms with Gasteiger partial charge in [0.15, 0.2) is 5.65 Å². The molecule has 48 valence electrons. The summed E-state index contributed by atoms with van der Waals surface area (Å²) in [6.07, 6.45) is 5.00. The first-order valence-corrected chi connectivity index (χ1v) is 2.98. The molecule has 0 aliphatic heterocycles. The van der Waals surface area contributed by atoms with E-state index in [0.29, 0.717) is 5.65 Å². The standard InChI is InChI=1S/C7H5N3/c1-2-6-7(9-3-1)10-5-4-8-6/h1-5H/i4+1. The van der Waals surface area contributed by atoms with Crippen LogP contribution in [0.3, 0.4) is 0 Å². The minimum absolute atomic E-state index is 0.699. The predicted octanol–water partition coefficient (Wildman–Crippen LogP) is 1.02. The van der Waals surface area contributed by atoms with Gasteiger partial charge in [-0.1, -0.05) is 0 Å². The van der Waals surface area contributed by atoms with Gasteiger partial charge in [0.25, 0.3) is 0 Å². The van der Waals surface area contributed by atoms with Gasteiger partial charge in [-0.2, -0.15) is 0 Å². The first kappa shape index (κ1) is 5.29. The summed E-state index contributed by atoms with van der Waals surface area (Å²) >= 11 is 0. The minimum atomic E-state index is 0.699. The van der Waals surface area contributed by atoms with Crippen molar-refractivity contribution in [2.45, 2.75) is 0 Å². The van der Waals surface area contributed by atoms with E-state index in [9.17, 15) is 0 Å². The van der Waals surface area contributed by atoms with Gasteiger partial charge in [0.2, 0.25) is 0 Å². The predicted molar refractivity (Wildman–Crippen MR) is 37.3 cm³/mol. The SMILES string of the molecule is c1cnc2nc[13cH]nc2c1. The fraction of sp³-hybridized carbons (Fsp3) is 0. The Balaban J connectivity index is 2.89. The van der Waals surface area contributed by atoms with Crippen molar-refractivity contribution in [2.75, 3.05) is 0 Å². The van der Waals surface area contributed by atoms with Crippen molar-refractivity contribution in [1.29, 1.82) is 0 Å². The highest BCUT2D eigenvalue weighted by Crippen LogP contribution is 2.00. The van der Waals surface area contributed by atoms with Crippen molar-refractivity contribution in [3.8, 4) is 0 Å². The van der Waals surface area contributed by atoms with Gasteiger partial charge >= 0.3 is 0 Å². The van der Waals surface area contributed by atoms with E-state index in [-0.39, 0.29) is 0 Å². The zero-order chi connectivity index (χ0) is 6.81. The summed E-state index contributed by atoms with van der Waals surface area (Å²) in [6, 6.07) is 3.73. The van der Waals surface area contributed by atoms with Crippen molar-refractivity contribution in [3.05, 3.63) is 30.7 Å². The second kappa shape index (κ2) is 2.02. The van der Waals surface area contributed by atoms with Gasteiger partial charge in [-0.05, 0) is 12.1 Å². The number of hydrogen-bond donors (Lipinski definition) is 0. The molecule has 0 unspecified atom stereocenters. The highest BCUT2D eigenvalue weighted by Gasteiger charge is 1.89. The van der Waals surface area contributed by atoms with Crippen LogP contribution in [0.4, 0.5) is 0 Å². The van der Waals surface area contributed by atoms with Crippen LogP contribution in [0.15, 0.2) is 30.7 Å². The van der Waals surface area contributed by atoms with E-state index < -0.39 is 0 Å². The summed E-state index contributed by atoms with van der Waals surface area (Å²) in [6.45, 7) is 0. The zero-order valence-electron chi connectivity index (χ0n) is 5.23. The van der Waals surface area contributed by atoms with E-state index in [2.05, 4.69) is 15.0 Å². The molecular weight excluding hydrogens is 127 g/mol. The molecule has 0 atom stereocenters. The second-order valence-corrected chi connectivity index (χ2v) is 1.90. The Morgan fingerprint density at radius 3 is 2.60 bits per heavy atom. The van der Waals surface area contributed by atoms with Gasteiger partial charge in [-0.25, -0.2) is 9.97 Å². The average Bonchev–Trinajstić information content (AvgIpc) is 2.05. The smallest absolute Gasteiger partial charge is 0.178 e. The Kier molecular flexibility index (Phi) is 1.07. The Morgan fingerprint density at radius 2 is 1.70 bits per heavy atom. The van der Waals surface area contributed by atoms with Crippen molar-refractivity contribution >= 4 is 11.2 Å². The number of hydrogen-bond acceptors (Lipinski definition) is 3. The summed E-state index contributed by atoms with van der Waals surface area (Å²) in [5, 5.41) is 0. The lowest BCUT2D eigenvalue weighted by atomic mass is 10.4. The Bertz CT molecular complexity index is 280. The number of aromatic nitrogens is 3. The molecule has 10 heavy (non-hydrogen) atoms. The Hall–Kier alpha value is -1.51. The molecular formula is C7H5N3. The Labute approximate surface area is 57.8 Å². The van der Waals surface area contributed by atoms with E-state index in [0.717, 1.165) is 5.52 Å². The maximum atomic E-state index is 4.06. The largest absolute Gasteiger partial charge is 0.251 e. The summed E-state index contributed by atoms with van der Waals surface area (Å²) < 4.78 is 0. The molecule has 0 aliphatic carbocycles. The monoisotopic (exact) mass is 132 g/mol. The van der Waals surface area contributed by atoms with Crippen LogP contribution in [-0.4, -0.2) is 15.0 Å². The lowest BCUT2D eigenvalue weighted by Gasteiger charge is -1.89. The van der Waals surface area contributed by atoms with Gasteiger partial charge in [0.05, 0.1) is 0 Å². The van der Waals surface area contributed by atoms with Crippen molar-refractivity contribution in [3.63, 3.8) is 0 Å². The molecule has 2 aromatic heterocycles. The number of nitrogens with zero attached hydrogens (tertiary/aromatic N) is 3. The summed E-state index contributed by atoms with van der Waals surface area (Å²) in [4.78, 5) is 12.1. The zero-order valence-corrected chi connectivity index (χ0v) is 5.23. The molecule has 0 spiro atoms. The van der Waals surface area contributed by atoms with E-state index in [1.807, 2.05) is 12.1 Å².